The Labute approximate surface area is 149 Å². The van der Waals surface area contributed by atoms with Gasteiger partial charge in [0.1, 0.15) is 0 Å². The van der Waals surface area contributed by atoms with E-state index < -0.39 is 0 Å². The van der Waals surface area contributed by atoms with E-state index >= 15 is 0 Å². The van der Waals surface area contributed by atoms with Gasteiger partial charge in [-0.05, 0) is 43.7 Å². The SMILES string of the molecule is O=C(NCCC1=CCCCC1)c1cncc(NCc2ccccc2)c1. The quantitative estimate of drug-likeness (QED) is 0.741. The molecule has 1 amide bonds. The van der Waals surface area contributed by atoms with Crippen molar-refractivity contribution in [3.8, 4) is 0 Å². The molecule has 4 nitrogen and oxygen atoms in total. The second kappa shape index (κ2) is 9.02. The van der Waals surface area contributed by atoms with Crippen LogP contribution in [0.4, 0.5) is 5.69 Å². The average molecular weight is 335 g/mol. The fourth-order valence-electron chi connectivity index (χ4n) is 3.03. The molecule has 2 aromatic rings. The first-order valence-electron chi connectivity index (χ1n) is 9.00. The molecule has 0 atom stereocenters. The van der Waals surface area contributed by atoms with Crippen molar-refractivity contribution in [1.82, 2.24) is 10.3 Å². The van der Waals surface area contributed by atoms with Gasteiger partial charge in [-0.15, -0.1) is 0 Å². The molecule has 0 unspecified atom stereocenters. The summed E-state index contributed by atoms with van der Waals surface area (Å²) >= 11 is 0. The van der Waals surface area contributed by atoms with E-state index in [1.54, 1.807) is 12.4 Å². The lowest BCUT2D eigenvalue weighted by Gasteiger charge is -2.13. The highest BCUT2D eigenvalue weighted by Crippen LogP contribution is 2.19. The number of carbonyl (C=O) groups excluding carboxylic acids is 1. The lowest BCUT2D eigenvalue weighted by atomic mass is 9.97. The summed E-state index contributed by atoms with van der Waals surface area (Å²) in [6, 6.07) is 12.0. The summed E-state index contributed by atoms with van der Waals surface area (Å²) in [5, 5.41) is 6.31. The molecule has 0 spiro atoms. The van der Waals surface area contributed by atoms with Crippen molar-refractivity contribution in [2.75, 3.05) is 11.9 Å². The van der Waals surface area contributed by atoms with Crippen LogP contribution in [-0.2, 0) is 6.54 Å². The summed E-state index contributed by atoms with van der Waals surface area (Å²) < 4.78 is 0. The number of amides is 1. The topological polar surface area (TPSA) is 54.0 Å². The van der Waals surface area contributed by atoms with Crippen LogP contribution < -0.4 is 10.6 Å². The Hall–Kier alpha value is -2.62. The highest BCUT2D eigenvalue weighted by Gasteiger charge is 2.08. The molecule has 0 saturated carbocycles. The molecule has 1 aliphatic rings. The number of benzene rings is 1. The summed E-state index contributed by atoms with van der Waals surface area (Å²) in [6.45, 7) is 1.40. The zero-order valence-corrected chi connectivity index (χ0v) is 14.5. The monoisotopic (exact) mass is 335 g/mol. The zero-order chi connectivity index (χ0) is 17.3. The second-order valence-corrected chi connectivity index (χ2v) is 6.42. The summed E-state index contributed by atoms with van der Waals surface area (Å²) in [7, 11) is 0. The third kappa shape index (κ3) is 5.45. The van der Waals surface area contributed by atoms with Crippen LogP contribution in [-0.4, -0.2) is 17.4 Å². The lowest BCUT2D eigenvalue weighted by Crippen LogP contribution is -2.25. The number of hydrogen-bond donors (Lipinski definition) is 2. The van der Waals surface area contributed by atoms with Gasteiger partial charge in [0.2, 0.25) is 0 Å². The largest absolute Gasteiger partial charge is 0.380 e. The van der Waals surface area contributed by atoms with E-state index in [2.05, 4.69) is 33.8 Å². The molecule has 0 radical (unpaired) electrons. The Balaban J connectivity index is 1.49. The first-order valence-corrected chi connectivity index (χ1v) is 9.00. The van der Waals surface area contributed by atoms with Crippen LogP contribution >= 0.6 is 0 Å². The van der Waals surface area contributed by atoms with Gasteiger partial charge < -0.3 is 10.6 Å². The highest BCUT2D eigenvalue weighted by atomic mass is 16.1. The van der Waals surface area contributed by atoms with Crippen LogP contribution in [0, 0.1) is 0 Å². The predicted molar refractivity (Wildman–Crippen MR) is 102 cm³/mol. The van der Waals surface area contributed by atoms with Gasteiger partial charge in [-0.2, -0.15) is 0 Å². The van der Waals surface area contributed by atoms with E-state index in [-0.39, 0.29) is 5.91 Å². The third-order valence-electron chi connectivity index (χ3n) is 4.46. The molecule has 0 aliphatic heterocycles. The van der Waals surface area contributed by atoms with E-state index in [9.17, 15) is 4.79 Å². The predicted octanol–water partition coefficient (Wildman–Crippen LogP) is 4.31. The van der Waals surface area contributed by atoms with Crippen LogP contribution in [0.25, 0.3) is 0 Å². The number of nitrogens with one attached hydrogen (secondary N) is 2. The van der Waals surface area contributed by atoms with Gasteiger partial charge in [-0.1, -0.05) is 42.0 Å². The number of hydrogen-bond acceptors (Lipinski definition) is 3. The van der Waals surface area contributed by atoms with Gasteiger partial charge in [-0.25, -0.2) is 0 Å². The van der Waals surface area contributed by atoms with Crippen LogP contribution in [0.1, 0.15) is 48.0 Å². The minimum absolute atomic E-state index is 0.0627. The van der Waals surface area contributed by atoms with Crippen LogP contribution in [0.2, 0.25) is 0 Å². The Bertz CT molecular complexity index is 725. The Morgan fingerprint density at radius 2 is 2.00 bits per heavy atom. The summed E-state index contributed by atoms with van der Waals surface area (Å²) in [5.41, 5.74) is 4.11. The Kier molecular flexibility index (Phi) is 6.21. The number of pyridine rings is 1. The van der Waals surface area contributed by atoms with Crippen LogP contribution in [0.15, 0.2) is 60.4 Å². The van der Waals surface area contributed by atoms with Gasteiger partial charge in [0, 0.05) is 25.5 Å². The highest BCUT2D eigenvalue weighted by molar-refractivity contribution is 5.94. The van der Waals surface area contributed by atoms with Crippen molar-refractivity contribution < 1.29 is 4.79 Å². The molecule has 2 N–H and O–H groups in total. The second-order valence-electron chi connectivity index (χ2n) is 6.42. The maximum Gasteiger partial charge on any atom is 0.252 e. The molecule has 130 valence electrons. The first kappa shape index (κ1) is 17.2. The van der Waals surface area contributed by atoms with E-state index in [0.717, 1.165) is 12.1 Å². The van der Waals surface area contributed by atoms with Gasteiger partial charge in [0.25, 0.3) is 5.91 Å². The van der Waals surface area contributed by atoms with Crippen molar-refractivity contribution >= 4 is 11.6 Å². The first-order chi connectivity index (χ1) is 12.3. The molecule has 3 rings (SSSR count). The van der Waals surface area contributed by atoms with Crippen molar-refractivity contribution in [3.63, 3.8) is 0 Å². The normalized spacial score (nSPS) is 13.8. The van der Waals surface area contributed by atoms with Crippen molar-refractivity contribution in [2.45, 2.75) is 38.6 Å². The average Bonchev–Trinajstić information content (AvgIpc) is 2.68. The molecule has 4 heteroatoms. The minimum atomic E-state index is -0.0627. The number of allylic oxidation sites excluding steroid dienone is 1. The van der Waals surface area contributed by atoms with Gasteiger partial charge in [-0.3, -0.25) is 9.78 Å². The molecule has 1 aromatic heterocycles. The maximum atomic E-state index is 12.3. The number of nitrogens with zero attached hydrogens (tertiary/aromatic N) is 1. The molecule has 1 aromatic carbocycles. The van der Waals surface area contributed by atoms with Gasteiger partial charge in [0.05, 0.1) is 11.3 Å². The molecule has 0 saturated heterocycles. The summed E-state index contributed by atoms with van der Waals surface area (Å²) in [5.74, 6) is -0.0627. The molecular weight excluding hydrogens is 310 g/mol. The summed E-state index contributed by atoms with van der Waals surface area (Å²) in [4.78, 5) is 16.5. The van der Waals surface area contributed by atoms with E-state index in [1.165, 1.54) is 36.8 Å². The molecular formula is C21H25N3O. The zero-order valence-electron chi connectivity index (χ0n) is 14.5. The van der Waals surface area contributed by atoms with Crippen LogP contribution in [0.3, 0.4) is 0 Å². The van der Waals surface area contributed by atoms with E-state index in [0.29, 0.717) is 18.7 Å². The molecule has 0 fully saturated rings. The molecule has 0 bridgehead atoms. The van der Waals surface area contributed by atoms with E-state index in [1.807, 2.05) is 24.3 Å². The van der Waals surface area contributed by atoms with Crippen LogP contribution in [0.5, 0.6) is 0 Å². The standard InChI is InChI=1S/C21H25N3O/c25-21(23-12-11-17-7-3-1-4-8-17)19-13-20(16-22-15-19)24-14-18-9-5-2-6-10-18/h2,5-7,9-10,13,15-16,24H,1,3-4,8,11-12,14H2,(H,23,25). The summed E-state index contributed by atoms with van der Waals surface area (Å²) in [6.07, 6.45) is 11.6. The fourth-order valence-corrected chi connectivity index (χ4v) is 3.03. The fraction of sp³-hybridized carbons (Fsp3) is 0.333. The minimum Gasteiger partial charge on any atom is -0.380 e. The Morgan fingerprint density at radius 1 is 1.12 bits per heavy atom. The maximum absolute atomic E-state index is 12.3. The lowest BCUT2D eigenvalue weighted by molar-refractivity contribution is 0.0953. The number of rotatable bonds is 7. The third-order valence-corrected chi connectivity index (χ3v) is 4.46. The molecule has 1 aliphatic carbocycles. The van der Waals surface area contributed by atoms with Crippen molar-refractivity contribution in [3.05, 3.63) is 71.6 Å². The Morgan fingerprint density at radius 3 is 2.80 bits per heavy atom. The van der Waals surface area contributed by atoms with Crippen molar-refractivity contribution in [2.24, 2.45) is 0 Å². The number of carbonyl (C=O) groups is 1. The smallest absolute Gasteiger partial charge is 0.252 e. The van der Waals surface area contributed by atoms with Gasteiger partial charge in [0.15, 0.2) is 0 Å². The van der Waals surface area contributed by atoms with Gasteiger partial charge >= 0.3 is 0 Å². The van der Waals surface area contributed by atoms with Crippen molar-refractivity contribution in [1.29, 1.82) is 0 Å². The molecule has 1 heterocycles. The number of aromatic nitrogens is 1. The molecule has 25 heavy (non-hydrogen) atoms. The van der Waals surface area contributed by atoms with E-state index in [4.69, 9.17) is 0 Å². The number of anilines is 1.